The maximum Gasteiger partial charge on any atom is 0.304 e. The Bertz CT molecular complexity index is 263. The van der Waals surface area contributed by atoms with Crippen LogP contribution in [0.25, 0.3) is 0 Å². The summed E-state index contributed by atoms with van der Waals surface area (Å²) in [6, 6.07) is 0. The number of imide groups is 1. The number of carboxylic acids is 1. The van der Waals surface area contributed by atoms with Gasteiger partial charge >= 0.3 is 5.97 Å². The lowest BCUT2D eigenvalue weighted by Gasteiger charge is -2.24. The average molecular weight is 231 g/mol. The van der Waals surface area contributed by atoms with Gasteiger partial charge in [-0.25, -0.2) is 0 Å². The van der Waals surface area contributed by atoms with Crippen LogP contribution in [0.2, 0.25) is 0 Å². The maximum atomic E-state index is 11.3. The van der Waals surface area contributed by atoms with E-state index in [1.165, 1.54) is 16.7 Å². The number of carbonyl (C=O) groups is 3. The first-order valence-corrected chi connectivity index (χ1v) is 5.89. The molecule has 0 aromatic carbocycles. The maximum absolute atomic E-state index is 11.3. The minimum atomic E-state index is -0.862. The van der Waals surface area contributed by atoms with Gasteiger partial charge in [0, 0.05) is 18.6 Å². The zero-order valence-electron chi connectivity index (χ0n) is 8.27. The van der Waals surface area contributed by atoms with Gasteiger partial charge in [-0.2, -0.15) is 0 Å². The molecule has 0 unspecified atom stereocenters. The van der Waals surface area contributed by atoms with Crippen LogP contribution in [0.15, 0.2) is 0 Å². The highest BCUT2D eigenvalue weighted by Gasteiger charge is 2.25. The molecule has 0 aromatic heterocycles. The van der Waals surface area contributed by atoms with Gasteiger partial charge in [-0.05, 0) is 6.42 Å². The molecule has 0 bridgehead atoms. The number of nitrogens with zero attached hydrogens (tertiary/aromatic N) is 1. The normalized spacial score (nSPS) is 16.9. The van der Waals surface area contributed by atoms with Crippen LogP contribution in [0.3, 0.4) is 0 Å². The van der Waals surface area contributed by atoms with Crippen molar-refractivity contribution in [3.63, 3.8) is 0 Å². The number of likely N-dealkylation sites (tertiary alicyclic amines) is 1. The molecule has 2 amide bonds. The van der Waals surface area contributed by atoms with Gasteiger partial charge < -0.3 is 5.11 Å². The van der Waals surface area contributed by atoms with Gasteiger partial charge in [-0.15, -0.1) is 11.8 Å². The Morgan fingerprint density at radius 3 is 2.47 bits per heavy atom. The molecule has 84 valence electrons. The number of aliphatic carboxylic acids is 1. The number of hydrogen-bond donors (Lipinski definition) is 1. The van der Waals surface area contributed by atoms with Crippen molar-refractivity contribution < 1.29 is 19.5 Å². The zero-order chi connectivity index (χ0) is 11.3. The topological polar surface area (TPSA) is 74.7 Å². The third-order valence-corrected chi connectivity index (χ3v) is 3.00. The molecule has 1 heterocycles. The Hall–Kier alpha value is -1.04. The molecule has 1 aliphatic rings. The lowest BCUT2D eigenvalue weighted by Crippen LogP contribution is -2.39. The lowest BCUT2D eigenvalue weighted by atomic mass is 10.1. The molecular formula is C9H13NO4S. The van der Waals surface area contributed by atoms with E-state index >= 15 is 0 Å². The van der Waals surface area contributed by atoms with E-state index in [2.05, 4.69) is 0 Å². The van der Waals surface area contributed by atoms with Crippen LogP contribution in [-0.2, 0) is 14.4 Å². The van der Waals surface area contributed by atoms with Crippen molar-refractivity contribution in [2.45, 2.75) is 25.7 Å². The van der Waals surface area contributed by atoms with Gasteiger partial charge in [0.1, 0.15) is 0 Å². The van der Waals surface area contributed by atoms with E-state index in [0.29, 0.717) is 25.0 Å². The predicted molar refractivity (Wildman–Crippen MR) is 55.3 cm³/mol. The molecule has 1 aliphatic heterocycles. The Morgan fingerprint density at radius 2 is 1.93 bits per heavy atom. The van der Waals surface area contributed by atoms with E-state index in [4.69, 9.17) is 5.11 Å². The largest absolute Gasteiger partial charge is 0.481 e. The monoisotopic (exact) mass is 231 g/mol. The number of piperidine rings is 1. The molecular weight excluding hydrogens is 218 g/mol. The van der Waals surface area contributed by atoms with E-state index in [-0.39, 0.29) is 24.1 Å². The standard InChI is InChI=1S/C9H13NO4S/c11-7-2-1-3-8(12)10(7)6-15-5-4-9(13)14/h1-6H2,(H,13,14). The summed E-state index contributed by atoms with van der Waals surface area (Å²) in [4.78, 5) is 34.1. The zero-order valence-corrected chi connectivity index (χ0v) is 9.09. The summed E-state index contributed by atoms with van der Waals surface area (Å²) in [6.07, 6.45) is 1.53. The minimum absolute atomic E-state index is 0.0564. The van der Waals surface area contributed by atoms with Gasteiger partial charge in [0.05, 0.1) is 12.3 Å². The fraction of sp³-hybridized carbons (Fsp3) is 0.667. The van der Waals surface area contributed by atoms with Crippen LogP contribution in [0.5, 0.6) is 0 Å². The summed E-state index contributed by atoms with van der Waals surface area (Å²) >= 11 is 1.30. The lowest BCUT2D eigenvalue weighted by molar-refractivity contribution is -0.146. The molecule has 0 atom stereocenters. The summed E-state index contributed by atoms with van der Waals surface area (Å²) in [5.74, 6) is -0.445. The summed E-state index contributed by atoms with van der Waals surface area (Å²) in [6.45, 7) is 0. The summed E-state index contributed by atoms with van der Waals surface area (Å²) in [5.41, 5.74) is 0. The summed E-state index contributed by atoms with van der Waals surface area (Å²) in [7, 11) is 0. The Labute approximate surface area is 91.8 Å². The second-order valence-electron chi connectivity index (χ2n) is 3.25. The summed E-state index contributed by atoms with van der Waals surface area (Å²) in [5, 5.41) is 8.39. The highest BCUT2D eigenvalue weighted by Crippen LogP contribution is 2.15. The van der Waals surface area contributed by atoms with Crippen molar-refractivity contribution >= 4 is 29.5 Å². The fourth-order valence-electron chi connectivity index (χ4n) is 1.26. The molecule has 0 aromatic rings. The van der Waals surface area contributed by atoms with Crippen LogP contribution in [0.4, 0.5) is 0 Å². The van der Waals surface area contributed by atoms with E-state index in [0.717, 1.165) is 0 Å². The first kappa shape index (κ1) is 12.0. The SMILES string of the molecule is O=C(O)CCSCN1C(=O)CCCC1=O. The first-order chi connectivity index (χ1) is 7.11. The Kier molecular flexibility index (Phi) is 4.61. The number of carboxylic acid groups (broad SMARTS) is 1. The van der Waals surface area contributed by atoms with Gasteiger partial charge in [0.2, 0.25) is 11.8 Å². The summed E-state index contributed by atoms with van der Waals surface area (Å²) < 4.78 is 0. The van der Waals surface area contributed by atoms with E-state index in [9.17, 15) is 14.4 Å². The van der Waals surface area contributed by atoms with Crippen LogP contribution >= 0.6 is 11.8 Å². The van der Waals surface area contributed by atoms with Crippen molar-refractivity contribution in [3.8, 4) is 0 Å². The average Bonchev–Trinajstić information content (AvgIpc) is 2.15. The second kappa shape index (κ2) is 5.75. The first-order valence-electron chi connectivity index (χ1n) is 4.74. The predicted octanol–water partition coefficient (Wildman–Crippen LogP) is 0.691. The van der Waals surface area contributed by atoms with Crippen molar-refractivity contribution in [2.24, 2.45) is 0 Å². The molecule has 6 heteroatoms. The van der Waals surface area contributed by atoms with E-state index in [1.807, 2.05) is 0 Å². The molecule has 1 N–H and O–H groups in total. The van der Waals surface area contributed by atoms with Crippen molar-refractivity contribution in [2.75, 3.05) is 11.6 Å². The third kappa shape index (κ3) is 3.91. The highest BCUT2D eigenvalue weighted by molar-refractivity contribution is 7.99. The van der Waals surface area contributed by atoms with Gasteiger partial charge in [-0.1, -0.05) is 0 Å². The number of hydrogen-bond acceptors (Lipinski definition) is 4. The fourth-order valence-corrected chi connectivity index (χ4v) is 2.18. The molecule has 0 saturated carbocycles. The second-order valence-corrected chi connectivity index (χ2v) is 4.32. The molecule has 15 heavy (non-hydrogen) atoms. The number of thioether (sulfide) groups is 1. The van der Waals surface area contributed by atoms with E-state index in [1.54, 1.807) is 0 Å². The molecule has 1 fully saturated rings. The molecule has 0 radical (unpaired) electrons. The Morgan fingerprint density at radius 1 is 1.33 bits per heavy atom. The van der Waals surface area contributed by atoms with Gasteiger partial charge in [0.15, 0.2) is 0 Å². The van der Waals surface area contributed by atoms with Crippen LogP contribution in [-0.4, -0.2) is 39.4 Å². The van der Waals surface area contributed by atoms with Crippen molar-refractivity contribution in [3.05, 3.63) is 0 Å². The number of carbonyl (C=O) groups excluding carboxylic acids is 2. The number of amides is 2. The number of rotatable bonds is 5. The highest BCUT2D eigenvalue weighted by atomic mass is 32.2. The van der Waals surface area contributed by atoms with E-state index < -0.39 is 5.97 Å². The van der Waals surface area contributed by atoms with Crippen molar-refractivity contribution in [1.29, 1.82) is 0 Å². The van der Waals surface area contributed by atoms with Crippen LogP contribution in [0, 0.1) is 0 Å². The molecule has 1 rings (SSSR count). The smallest absolute Gasteiger partial charge is 0.304 e. The van der Waals surface area contributed by atoms with Gasteiger partial charge in [0.25, 0.3) is 0 Å². The van der Waals surface area contributed by atoms with Crippen LogP contribution < -0.4 is 0 Å². The van der Waals surface area contributed by atoms with Crippen LogP contribution in [0.1, 0.15) is 25.7 Å². The molecule has 0 spiro atoms. The third-order valence-electron chi connectivity index (χ3n) is 2.06. The van der Waals surface area contributed by atoms with Gasteiger partial charge in [-0.3, -0.25) is 19.3 Å². The molecule has 0 aliphatic carbocycles. The molecule has 1 saturated heterocycles. The minimum Gasteiger partial charge on any atom is -0.481 e. The Balaban J connectivity index is 2.26. The molecule has 5 nitrogen and oxygen atoms in total. The van der Waals surface area contributed by atoms with Crippen molar-refractivity contribution in [1.82, 2.24) is 4.90 Å². The quantitative estimate of drug-likeness (QED) is 0.556.